The van der Waals surface area contributed by atoms with Crippen LogP contribution in [0.1, 0.15) is 301 Å². The Kier molecular flexibility index (Phi) is 57.5. The summed E-state index contributed by atoms with van der Waals surface area (Å²) in [4.78, 5) is 166. The number of carbonyl (C=O) groups is 12. The van der Waals surface area contributed by atoms with Crippen molar-refractivity contribution in [3.8, 4) is 0 Å². The van der Waals surface area contributed by atoms with Gasteiger partial charge in [0.2, 0.25) is 29.5 Å². The molecule has 140 heavy (non-hydrogen) atoms. The molecule has 0 unspecified atom stereocenters. The van der Waals surface area contributed by atoms with Crippen LogP contribution in [0.2, 0.25) is 0 Å². The van der Waals surface area contributed by atoms with Gasteiger partial charge in [-0.25, -0.2) is 0 Å². The Morgan fingerprint density at radius 3 is 0.871 bits per heavy atom. The number of benzene rings is 6. The minimum atomic E-state index is -0.988. The van der Waals surface area contributed by atoms with Crippen LogP contribution in [-0.2, 0) is 48.4 Å². The van der Waals surface area contributed by atoms with Crippen molar-refractivity contribution in [2.45, 2.75) is 296 Å². The Bertz CT molecular complexity index is 4870. The number of amides is 11. The number of nitrogens with two attached hydrogens (primary N) is 2. The first-order valence-corrected chi connectivity index (χ1v) is 50.0. The van der Waals surface area contributed by atoms with Crippen LogP contribution in [0.4, 0.5) is 0 Å². The van der Waals surface area contributed by atoms with E-state index in [1.807, 2.05) is 207 Å². The standard InChI is InChI=1S/C36H53N7O4.C36H55N5O4.C24H37N5O4.C12H18N2O/c1-8-18-43(19-9-2)36(47)29-17-13-16-28(22-29)34(45)39-30(20-24(3)4)31(41-42-37)21-26(7)33(44)40-32(25(5)6)35(46)38-23-27-14-11-10-12-15-27;1-8-18-41(19-9-2)36(45)29-17-13-16-28(22-29)34(43)39-31(20-24(3)4)30(37)21-26(7)33(42)40-32(25(5)6)35(44)38-23-27-14-11-10-12-15-27;1-6-11-29(12-7-2)23(31)19-10-8-9-18(15-19)22(30)26-20(13-16(3)4)21(27-28-25)14-17(5)24(32)33;1-9(2)11(13)12(15)14-8-10-6-4-3-5-7-10/h10-17,22,24-26,30-32H,8-9,18-21,23H2,1-7H3,(H,38,46)(H,39,45)(H,40,44);10-17,22,24-26,30-32H,8-9,18-21,23,37H2,1-7H3,(H,38,44)(H,39,43)(H,40,42);8-10,15-17,20-21H,6-7,11-14H2,1-5H3,(H,26,30)(H,32,33);3-7,9,11H,8,13H2,1-2H3,(H,14,15)/t2*26-,30+,31+,32+;17-,20+,21+;11-/m1110/s1. The van der Waals surface area contributed by atoms with Gasteiger partial charge in [0.15, 0.2) is 0 Å². The number of nitrogens with zero attached hydrogens (tertiary/aromatic N) is 9. The predicted octanol–water partition coefficient (Wildman–Crippen LogP) is 17.3. The summed E-state index contributed by atoms with van der Waals surface area (Å²) in [6.07, 6.45) is 7.30. The summed E-state index contributed by atoms with van der Waals surface area (Å²) < 4.78 is 0. The van der Waals surface area contributed by atoms with Crippen molar-refractivity contribution in [2.75, 3.05) is 39.3 Å². The van der Waals surface area contributed by atoms with Crippen LogP contribution in [0.3, 0.4) is 0 Å². The second-order valence-corrected chi connectivity index (χ2v) is 38.5. The molecule has 768 valence electrons. The van der Waals surface area contributed by atoms with Gasteiger partial charge in [-0.2, -0.15) is 0 Å². The molecule has 32 heteroatoms. The maximum absolute atomic E-state index is 13.5. The van der Waals surface area contributed by atoms with Gasteiger partial charge in [0.05, 0.1) is 24.0 Å². The Balaban J connectivity index is 0.000000507. The van der Waals surface area contributed by atoms with Crippen molar-refractivity contribution in [1.82, 2.24) is 57.2 Å². The number of hydrogen-bond acceptors (Lipinski definition) is 16. The highest BCUT2D eigenvalue weighted by Crippen LogP contribution is 2.25. The lowest BCUT2D eigenvalue weighted by molar-refractivity contribution is -0.141. The van der Waals surface area contributed by atoms with Crippen molar-refractivity contribution in [2.24, 2.45) is 75.0 Å². The maximum atomic E-state index is 13.5. The molecule has 12 atom stereocenters. The van der Waals surface area contributed by atoms with Crippen LogP contribution in [0.5, 0.6) is 0 Å². The second kappa shape index (κ2) is 66.2. The zero-order valence-corrected chi connectivity index (χ0v) is 86.9. The summed E-state index contributed by atoms with van der Waals surface area (Å²) in [5.41, 5.74) is 36.2. The van der Waals surface area contributed by atoms with Crippen LogP contribution in [0, 0.1) is 53.3 Å². The fourth-order valence-electron chi connectivity index (χ4n) is 15.7. The number of carbonyl (C=O) groups excluding carboxylic acids is 11. The molecule has 0 heterocycles. The normalized spacial score (nSPS) is 13.6. The van der Waals surface area contributed by atoms with Gasteiger partial charge in [0, 0.05) is 138 Å². The fraction of sp³-hybridized carbons (Fsp3) is 0.556. The minimum absolute atomic E-state index is 0.0860. The van der Waals surface area contributed by atoms with Gasteiger partial charge in [-0.1, -0.05) is 265 Å². The van der Waals surface area contributed by atoms with E-state index in [-0.39, 0.29) is 108 Å². The maximum Gasteiger partial charge on any atom is 0.306 e. The number of rotatable bonds is 55. The minimum Gasteiger partial charge on any atom is -0.481 e. The quantitative estimate of drug-likeness (QED) is 0.00960. The Hall–Kier alpha value is -12.5. The topological polar surface area (TPSA) is 481 Å². The van der Waals surface area contributed by atoms with E-state index in [0.717, 1.165) is 55.2 Å². The molecule has 0 aliphatic heterocycles. The molecule has 6 aromatic rings. The van der Waals surface area contributed by atoms with Gasteiger partial charge in [-0.3, -0.25) is 57.5 Å². The first kappa shape index (κ1) is 122. The fourth-order valence-corrected chi connectivity index (χ4v) is 15.7. The molecule has 0 saturated carbocycles. The first-order chi connectivity index (χ1) is 66.5. The van der Waals surface area contributed by atoms with E-state index in [1.165, 1.54) is 0 Å². The molecule has 32 nitrogen and oxygen atoms in total. The molecule has 0 fully saturated rings. The Morgan fingerprint density at radius 2 is 0.600 bits per heavy atom. The number of aliphatic carboxylic acids is 1. The molecule has 0 saturated heterocycles. The molecule has 6 aromatic carbocycles. The highest BCUT2D eigenvalue weighted by molar-refractivity contribution is 6.02. The van der Waals surface area contributed by atoms with Gasteiger partial charge in [0.1, 0.15) is 12.1 Å². The van der Waals surface area contributed by atoms with Crippen molar-refractivity contribution in [3.63, 3.8) is 0 Å². The average molecular weight is 1940 g/mol. The zero-order valence-electron chi connectivity index (χ0n) is 86.9. The highest BCUT2D eigenvalue weighted by atomic mass is 16.4. The molecule has 0 aliphatic rings. The van der Waals surface area contributed by atoms with Gasteiger partial charge < -0.3 is 73.8 Å². The van der Waals surface area contributed by atoms with E-state index in [9.17, 15) is 68.2 Å². The summed E-state index contributed by atoms with van der Waals surface area (Å²) >= 11 is 0. The van der Waals surface area contributed by atoms with E-state index in [2.05, 4.69) is 76.4 Å². The Morgan fingerprint density at radius 1 is 0.329 bits per heavy atom. The van der Waals surface area contributed by atoms with Crippen LogP contribution in [0.25, 0.3) is 20.9 Å². The van der Waals surface area contributed by atoms with Gasteiger partial charge in [0.25, 0.3) is 35.4 Å². The van der Waals surface area contributed by atoms with Crippen LogP contribution >= 0.6 is 0 Å². The molecule has 13 N–H and O–H groups in total. The number of carboxylic acid groups (broad SMARTS) is 1. The molecular weight excluding hydrogens is 1770 g/mol. The molecule has 0 spiro atoms. The van der Waals surface area contributed by atoms with E-state index in [0.29, 0.717) is 118 Å². The molecule has 11 amide bonds. The second-order valence-electron chi connectivity index (χ2n) is 38.5. The van der Waals surface area contributed by atoms with Gasteiger partial charge in [-0.05, 0) is 195 Å². The summed E-state index contributed by atoms with van der Waals surface area (Å²) in [7, 11) is 0. The van der Waals surface area contributed by atoms with Crippen molar-refractivity contribution in [1.29, 1.82) is 0 Å². The molecular formula is C108H163N19O13. The largest absolute Gasteiger partial charge is 0.481 e. The molecule has 6 rings (SSSR count). The summed E-state index contributed by atoms with van der Waals surface area (Å²) in [6, 6.07) is 43.6. The van der Waals surface area contributed by atoms with E-state index < -0.39 is 83.9 Å². The third kappa shape index (κ3) is 44.7. The molecule has 0 bridgehead atoms. The lowest BCUT2D eigenvalue weighted by atomic mass is 9.90. The van der Waals surface area contributed by atoms with Crippen molar-refractivity contribution < 1.29 is 62.6 Å². The zero-order chi connectivity index (χ0) is 105. The predicted molar refractivity (Wildman–Crippen MR) is 555 cm³/mol. The molecule has 0 aromatic heterocycles. The van der Waals surface area contributed by atoms with Crippen molar-refractivity contribution >= 4 is 70.9 Å². The SMILES string of the molecule is CC(C)[C@H](N)C(=O)NCc1ccccc1.CCCN(CCC)C(=O)c1cccc(C(=O)N[C@@H](CC(C)C)[C@@H](N)C[C@@H](C)C(=O)N[C@H](C(=O)NCc2ccccc2)C(C)C)c1.CCCN(CCC)C(=O)c1cccc(C(=O)N[C@@H](CC(C)C)[C@H](C[C@@H](C)C(=O)N[C@H](C(=O)NCc2ccccc2)C(C)C)N=[N+]=[N-])c1.CCCN(CCC)C(=O)c1cccc(C(=O)N[C@@H](CC(C)C)[C@H](C[C@@H](C)C(=O)O)N=[N+]=[N-])c1. The van der Waals surface area contributed by atoms with Crippen LogP contribution < -0.4 is 54.0 Å². The monoisotopic (exact) mass is 1930 g/mol. The first-order valence-electron chi connectivity index (χ1n) is 50.0. The number of nitrogens with one attached hydrogen (secondary N) is 8. The van der Waals surface area contributed by atoms with E-state index in [4.69, 9.17) is 17.0 Å². The van der Waals surface area contributed by atoms with Crippen LogP contribution in [0.15, 0.2) is 174 Å². The lowest BCUT2D eigenvalue weighted by Gasteiger charge is -2.29. The van der Waals surface area contributed by atoms with Gasteiger partial charge >= 0.3 is 5.97 Å². The summed E-state index contributed by atoms with van der Waals surface area (Å²) in [5.74, 6) is -5.01. The van der Waals surface area contributed by atoms with E-state index in [1.54, 1.807) is 103 Å². The van der Waals surface area contributed by atoms with E-state index >= 15 is 0 Å². The summed E-state index contributed by atoms with van der Waals surface area (Å²) in [6.45, 7) is 45.8. The summed E-state index contributed by atoms with van der Waals surface area (Å²) in [5, 5.41) is 40.5. The van der Waals surface area contributed by atoms with Crippen molar-refractivity contribution in [3.05, 3.63) is 235 Å². The molecule has 0 radical (unpaired) electrons. The lowest BCUT2D eigenvalue weighted by Crippen LogP contribution is -2.53. The Labute approximate surface area is 831 Å². The number of carboxylic acids is 1. The van der Waals surface area contributed by atoms with Crippen LogP contribution in [-0.4, -0.2) is 184 Å². The van der Waals surface area contributed by atoms with Gasteiger partial charge in [-0.15, -0.1) is 0 Å². The number of hydrogen-bond donors (Lipinski definition) is 11. The highest BCUT2D eigenvalue weighted by Gasteiger charge is 2.35. The third-order valence-electron chi connectivity index (χ3n) is 23.5. The average Bonchev–Trinajstić information content (AvgIpc) is 0.844. The number of azide groups is 2. The smallest absolute Gasteiger partial charge is 0.306 e. The third-order valence-corrected chi connectivity index (χ3v) is 23.5. The molecule has 0 aliphatic carbocycles.